The Balaban J connectivity index is 2.24. The van der Waals surface area contributed by atoms with Crippen LogP contribution in [0, 0.1) is 0 Å². The van der Waals surface area contributed by atoms with Crippen molar-refractivity contribution in [3.05, 3.63) is 29.8 Å². The van der Waals surface area contributed by atoms with Gasteiger partial charge in [-0.25, -0.2) is 0 Å². The molecule has 96 valence electrons. The Labute approximate surface area is 106 Å². The Morgan fingerprint density at radius 2 is 2.00 bits per heavy atom. The number of nitrogens with one attached hydrogen (secondary N) is 1. The van der Waals surface area contributed by atoms with Crippen LogP contribution < -0.4 is 11.1 Å². The fourth-order valence-corrected chi connectivity index (χ4v) is 1.97. The lowest BCUT2D eigenvalue weighted by Crippen LogP contribution is -2.63. The third-order valence-corrected chi connectivity index (χ3v) is 3.35. The van der Waals surface area contributed by atoms with Crippen molar-refractivity contribution >= 4 is 17.5 Å². The van der Waals surface area contributed by atoms with Crippen LogP contribution in [-0.2, 0) is 16.1 Å². The molecule has 1 saturated heterocycles. The number of rotatable bonds is 2. The topological polar surface area (TPSA) is 75.4 Å². The summed E-state index contributed by atoms with van der Waals surface area (Å²) < 4.78 is 0. The number of nitrogen functional groups attached to an aromatic ring is 1. The molecule has 0 atom stereocenters. The number of hydrogen-bond donors (Lipinski definition) is 2. The van der Waals surface area contributed by atoms with Crippen LogP contribution in [0.15, 0.2) is 24.3 Å². The fourth-order valence-electron chi connectivity index (χ4n) is 1.97. The predicted octanol–water partition coefficient (Wildman–Crippen LogP) is 0.506. The first-order valence-electron chi connectivity index (χ1n) is 5.84. The van der Waals surface area contributed by atoms with E-state index in [4.69, 9.17) is 5.73 Å². The van der Waals surface area contributed by atoms with Gasteiger partial charge >= 0.3 is 0 Å². The quantitative estimate of drug-likeness (QED) is 0.589. The van der Waals surface area contributed by atoms with Crippen LogP contribution >= 0.6 is 0 Å². The lowest BCUT2D eigenvalue weighted by molar-refractivity contribution is -0.145. The van der Waals surface area contributed by atoms with Crippen molar-refractivity contribution in [3.8, 4) is 0 Å². The molecular weight excluding hydrogens is 230 g/mol. The molecule has 5 nitrogen and oxygen atoms in total. The Bertz CT molecular complexity index is 497. The van der Waals surface area contributed by atoms with E-state index in [1.807, 2.05) is 29.2 Å². The highest BCUT2D eigenvalue weighted by Gasteiger charge is 2.40. The van der Waals surface area contributed by atoms with E-state index in [-0.39, 0.29) is 18.4 Å². The monoisotopic (exact) mass is 247 g/mol. The molecule has 0 saturated carbocycles. The van der Waals surface area contributed by atoms with E-state index >= 15 is 0 Å². The number of amides is 2. The summed E-state index contributed by atoms with van der Waals surface area (Å²) in [5.41, 5.74) is 6.77. The lowest BCUT2D eigenvalue weighted by atomic mass is 9.97. The van der Waals surface area contributed by atoms with Gasteiger partial charge in [-0.15, -0.1) is 0 Å². The minimum absolute atomic E-state index is 0.201. The number of piperazine rings is 1. The molecule has 1 heterocycles. The van der Waals surface area contributed by atoms with Crippen molar-refractivity contribution in [3.63, 3.8) is 0 Å². The second-order valence-corrected chi connectivity index (χ2v) is 4.99. The van der Waals surface area contributed by atoms with Crippen molar-refractivity contribution in [2.24, 2.45) is 0 Å². The molecule has 1 aliphatic heterocycles. The van der Waals surface area contributed by atoms with E-state index in [2.05, 4.69) is 5.32 Å². The number of para-hydroxylation sites is 1. The van der Waals surface area contributed by atoms with Crippen LogP contribution in [0.2, 0.25) is 0 Å². The Hall–Kier alpha value is -1.88. The summed E-state index contributed by atoms with van der Waals surface area (Å²) in [6, 6.07) is 7.47. The maximum absolute atomic E-state index is 11.8. The van der Waals surface area contributed by atoms with Crippen LogP contribution in [0.25, 0.3) is 0 Å². The molecule has 2 rings (SSSR count). The summed E-state index contributed by atoms with van der Waals surface area (Å²) in [5, 5.41) is 2.35. The van der Waals surface area contributed by atoms with Crippen LogP contribution in [-0.4, -0.2) is 28.8 Å². The third kappa shape index (κ3) is 2.22. The van der Waals surface area contributed by atoms with Gasteiger partial charge in [-0.1, -0.05) is 18.2 Å². The number of benzene rings is 1. The zero-order valence-electron chi connectivity index (χ0n) is 10.6. The van der Waals surface area contributed by atoms with E-state index in [0.717, 1.165) is 5.56 Å². The maximum Gasteiger partial charge on any atom is 0.246 e. The van der Waals surface area contributed by atoms with Crippen molar-refractivity contribution in [2.75, 3.05) is 12.3 Å². The average molecular weight is 247 g/mol. The van der Waals surface area contributed by atoms with Gasteiger partial charge < -0.3 is 5.73 Å². The van der Waals surface area contributed by atoms with E-state index in [1.165, 1.54) is 0 Å². The molecule has 0 radical (unpaired) electrons. The number of carbonyl (C=O) groups excluding carboxylic acids is 2. The Morgan fingerprint density at radius 3 is 2.67 bits per heavy atom. The number of imide groups is 1. The van der Waals surface area contributed by atoms with Gasteiger partial charge in [-0.05, 0) is 25.5 Å². The van der Waals surface area contributed by atoms with E-state index in [9.17, 15) is 9.59 Å². The smallest absolute Gasteiger partial charge is 0.246 e. The molecular formula is C13H17N3O2. The third-order valence-electron chi connectivity index (χ3n) is 3.35. The van der Waals surface area contributed by atoms with Crippen LogP contribution in [0.3, 0.4) is 0 Å². The molecule has 1 aromatic rings. The van der Waals surface area contributed by atoms with Gasteiger partial charge in [0, 0.05) is 12.2 Å². The number of hydrogen-bond acceptors (Lipinski definition) is 4. The molecule has 0 spiro atoms. The largest absolute Gasteiger partial charge is 0.398 e. The Kier molecular flexibility index (Phi) is 3.09. The molecule has 18 heavy (non-hydrogen) atoms. The molecule has 3 N–H and O–H groups in total. The number of nitrogens with zero attached hydrogens (tertiary/aromatic N) is 1. The summed E-state index contributed by atoms with van der Waals surface area (Å²) in [6.45, 7) is 4.29. The second-order valence-electron chi connectivity index (χ2n) is 4.99. The van der Waals surface area contributed by atoms with E-state index < -0.39 is 5.54 Å². The molecule has 0 bridgehead atoms. The number of nitrogens with two attached hydrogens (primary N) is 1. The van der Waals surface area contributed by atoms with Crippen LogP contribution in [0.5, 0.6) is 0 Å². The van der Waals surface area contributed by atoms with Crippen LogP contribution in [0.1, 0.15) is 19.4 Å². The molecule has 1 aromatic carbocycles. The zero-order chi connectivity index (χ0) is 13.3. The van der Waals surface area contributed by atoms with Crippen molar-refractivity contribution in [2.45, 2.75) is 25.9 Å². The van der Waals surface area contributed by atoms with Gasteiger partial charge in [0.2, 0.25) is 11.8 Å². The first-order chi connectivity index (χ1) is 8.41. The maximum atomic E-state index is 11.8. The predicted molar refractivity (Wildman–Crippen MR) is 68.5 cm³/mol. The minimum Gasteiger partial charge on any atom is -0.398 e. The van der Waals surface area contributed by atoms with E-state index in [1.54, 1.807) is 13.8 Å². The summed E-state index contributed by atoms with van der Waals surface area (Å²) in [6.07, 6.45) is 0. The van der Waals surface area contributed by atoms with E-state index in [0.29, 0.717) is 12.2 Å². The first kappa shape index (κ1) is 12.6. The van der Waals surface area contributed by atoms with Gasteiger partial charge in [-0.3, -0.25) is 19.8 Å². The van der Waals surface area contributed by atoms with Crippen molar-refractivity contribution < 1.29 is 9.59 Å². The zero-order valence-corrected chi connectivity index (χ0v) is 10.6. The normalized spacial score (nSPS) is 19.7. The van der Waals surface area contributed by atoms with Crippen LogP contribution in [0.4, 0.5) is 5.69 Å². The van der Waals surface area contributed by atoms with Crippen molar-refractivity contribution in [1.29, 1.82) is 0 Å². The first-order valence-corrected chi connectivity index (χ1v) is 5.84. The fraction of sp³-hybridized carbons (Fsp3) is 0.385. The molecule has 1 fully saturated rings. The second kappa shape index (κ2) is 4.42. The van der Waals surface area contributed by atoms with Gasteiger partial charge in [0.1, 0.15) is 0 Å². The summed E-state index contributed by atoms with van der Waals surface area (Å²) in [7, 11) is 0. The number of anilines is 1. The standard InChI is InChI=1S/C13H17N3O2/c1-13(2)12(18)15-11(17)8-16(13)7-9-5-3-4-6-10(9)14/h3-6H,7-8,14H2,1-2H3,(H,15,17,18). The Morgan fingerprint density at radius 1 is 1.33 bits per heavy atom. The van der Waals surface area contributed by atoms with Gasteiger partial charge in [0.25, 0.3) is 0 Å². The minimum atomic E-state index is -0.712. The molecule has 1 aliphatic rings. The molecule has 0 aliphatic carbocycles. The molecule has 5 heteroatoms. The van der Waals surface area contributed by atoms with Gasteiger partial charge in [-0.2, -0.15) is 0 Å². The highest BCUT2D eigenvalue weighted by Crippen LogP contribution is 2.23. The summed E-state index contributed by atoms with van der Waals surface area (Å²) in [5.74, 6) is -0.540. The highest BCUT2D eigenvalue weighted by molar-refractivity contribution is 6.02. The highest BCUT2D eigenvalue weighted by atomic mass is 16.2. The average Bonchev–Trinajstić information content (AvgIpc) is 2.29. The summed E-state index contributed by atoms with van der Waals surface area (Å²) >= 11 is 0. The van der Waals surface area contributed by atoms with Crippen molar-refractivity contribution in [1.82, 2.24) is 10.2 Å². The number of carbonyl (C=O) groups is 2. The molecule has 2 amide bonds. The van der Waals surface area contributed by atoms with Gasteiger partial charge in [0.15, 0.2) is 0 Å². The lowest BCUT2D eigenvalue weighted by Gasteiger charge is -2.40. The van der Waals surface area contributed by atoms with Gasteiger partial charge in [0.05, 0.1) is 12.1 Å². The SMILES string of the molecule is CC1(C)C(=O)NC(=O)CN1Cc1ccccc1N. The molecule has 0 aromatic heterocycles. The summed E-state index contributed by atoms with van der Waals surface area (Å²) in [4.78, 5) is 25.1. The molecule has 0 unspecified atom stereocenters.